The van der Waals surface area contributed by atoms with Gasteiger partial charge in [-0.2, -0.15) is 0 Å². The summed E-state index contributed by atoms with van der Waals surface area (Å²) in [6.45, 7) is 12.4. The lowest BCUT2D eigenvalue weighted by Gasteiger charge is -2.35. The van der Waals surface area contributed by atoms with Gasteiger partial charge in [-0.3, -0.25) is 9.59 Å². The molecule has 4 N–H and O–H groups in total. The van der Waals surface area contributed by atoms with E-state index in [1.165, 1.54) is 23.1 Å². The standard InChI is InChI=1S/C40H53N3O8/c1-8-9-15-24-43(36(47)31(42-38(49)51-40(5,6)7)25-28-20-22-29(44)23-21-28)34(30-18-13-14-19-33(30)45)35(46)41-32(37(48)50-39(2,3)4)26-27-16-11-10-12-17-27/h10-14,16-23,31-32,34,44-45H,8-9,15,24-26H2,1-7H3,(H,41,46)(H,42,49). The number of carbonyl (C=O) groups excluding carboxylic acids is 4. The smallest absolute Gasteiger partial charge is 0.408 e. The Labute approximate surface area is 301 Å². The van der Waals surface area contributed by atoms with E-state index in [0.717, 1.165) is 18.4 Å². The minimum Gasteiger partial charge on any atom is -0.508 e. The van der Waals surface area contributed by atoms with Crippen LogP contribution in [0.15, 0.2) is 78.9 Å². The molecule has 0 saturated heterocycles. The van der Waals surface area contributed by atoms with Gasteiger partial charge in [-0.1, -0.05) is 80.4 Å². The molecule has 276 valence electrons. The average Bonchev–Trinajstić information content (AvgIpc) is 3.04. The van der Waals surface area contributed by atoms with Crippen LogP contribution in [-0.4, -0.2) is 68.8 Å². The molecule has 11 nitrogen and oxygen atoms in total. The quantitative estimate of drug-likeness (QED) is 0.105. The maximum absolute atomic E-state index is 14.8. The molecule has 0 spiro atoms. The number of aromatic hydroxyl groups is 2. The van der Waals surface area contributed by atoms with E-state index in [2.05, 4.69) is 10.6 Å². The molecule has 0 radical (unpaired) electrons. The zero-order valence-electron chi connectivity index (χ0n) is 30.8. The van der Waals surface area contributed by atoms with Gasteiger partial charge in [-0.25, -0.2) is 9.59 Å². The number of amides is 3. The highest BCUT2D eigenvalue weighted by molar-refractivity contribution is 5.94. The van der Waals surface area contributed by atoms with Crippen molar-refractivity contribution >= 4 is 23.9 Å². The number of nitrogens with zero attached hydrogens (tertiary/aromatic N) is 1. The molecule has 0 aliphatic carbocycles. The Bertz CT molecular complexity index is 1600. The van der Waals surface area contributed by atoms with E-state index < -0.39 is 53.2 Å². The number of phenols is 2. The van der Waals surface area contributed by atoms with Crippen LogP contribution in [0, 0.1) is 0 Å². The van der Waals surface area contributed by atoms with Crippen LogP contribution in [0.3, 0.4) is 0 Å². The molecule has 0 aliphatic heterocycles. The fourth-order valence-corrected chi connectivity index (χ4v) is 5.45. The lowest BCUT2D eigenvalue weighted by Crippen LogP contribution is -2.55. The number of hydrogen-bond acceptors (Lipinski definition) is 8. The molecule has 0 heterocycles. The normalized spacial score (nSPS) is 13.3. The summed E-state index contributed by atoms with van der Waals surface area (Å²) in [5, 5.41) is 26.5. The third-order valence-electron chi connectivity index (χ3n) is 7.73. The van der Waals surface area contributed by atoms with Gasteiger partial charge in [0.1, 0.15) is 40.8 Å². The minimum absolute atomic E-state index is 0.00624. The van der Waals surface area contributed by atoms with E-state index in [4.69, 9.17) is 9.47 Å². The van der Waals surface area contributed by atoms with Gasteiger partial charge < -0.3 is 35.2 Å². The minimum atomic E-state index is -1.40. The van der Waals surface area contributed by atoms with Crippen molar-refractivity contribution in [3.8, 4) is 11.5 Å². The summed E-state index contributed by atoms with van der Waals surface area (Å²) in [7, 11) is 0. The largest absolute Gasteiger partial charge is 0.508 e. The maximum Gasteiger partial charge on any atom is 0.408 e. The van der Waals surface area contributed by atoms with Gasteiger partial charge >= 0.3 is 12.1 Å². The molecule has 3 aromatic rings. The lowest BCUT2D eigenvalue weighted by molar-refractivity contribution is -0.159. The second-order valence-corrected chi connectivity index (χ2v) is 14.6. The summed E-state index contributed by atoms with van der Waals surface area (Å²) < 4.78 is 11.2. The maximum atomic E-state index is 14.8. The molecule has 0 aliphatic rings. The topological polar surface area (TPSA) is 154 Å². The first-order valence-electron chi connectivity index (χ1n) is 17.4. The monoisotopic (exact) mass is 703 g/mol. The number of benzene rings is 3. The number of alkyl carbamates (subject to hydrolysis) is 1. The third-order valence-corrected chi connectivity index (χ3v) is 7.73. The Kier molecular flexibility index (Phi) is 14.5. The van der Waals surface area contributed by atoms with Crippen molar-refractivity contribution < 1.29 is 38.9 Å². The Morgan fingerprint density at radius 3 is 1.86 bits per heavy atom. The van der Waals surface area contributed by atoms with Crippen LogP contribution in [0.1, 0.15) is 90.5 Å². The molecule has 3 atom stereocenters. The predicted molar refractivity (Wildman–Crippen MR) is 195 cm³/mol. The summed E-state index contributed by atoms with van der Waals surface area (Å²) in [5.41, 5.74) is -0.149. The molecule has 3 unspecified atom stereocenters. The van der Waals surface area contributed by atoms with E-state index in [-0.39, 0.29) is 36.4 Å². The molecule has 3 rings (SSSR count). The molecule has 3 aromatic carbocycles. The first-order valence-corrected chi connectivity index (χ1v) is 17.4. The molecule has 0 bridgehead atoms. The summed E-state index contributed by atoms with van der Waals surface area (Å²) in [5.74, 6) is -2.16. The SMILES string of the molecule is CCCCCN(C(=O)C(Cc1ccc(O)cc1)NC(=O)OC(C)(C)C)C(C(=O)NC(Cc1ccccc1)C(=O)OC(C)(C)C)c1ccccc1O. The highest BCUT2D eigenvalue weighted by Crippen LogP contribution is 2.31. The van der Waals surface area contributed by atoms with Crippen molar-refractivity contribution in [1.29, 1.82) is 0 Å². The second-order valence-electron chi connectivity index (χ2n) is 14.6. The Balaban J connectivity index is 2.13. The zero-order valence-corrected chi connectivity index (χ0v) is 30.8. The highest BCUT2D eigenvalue weighted by atomic mass is 16.6. The zero-order chi connectivity index (χ0) is 37.8. The third kappa shape index (κ3) is 13.3. The van der Waals surface area contributed by atoms with Gasteiger partial charge in [0.2, 0.25) is 11.8 Å². The van der Waals surface area contributed by atoms with Crippen LogP contribution in [0.2, 0.25) is 0 Å². The molecule has 51 heavy (non-hydrogen) atoms. The van der Waals surface area contributed by atoms with Crippen LogP contribution in [0.4, 0.5) is 4.79 Å². The van der Waals surface area contributed by atoms with Crippen molar-refractivity contribution in [2.24, 2.45) is 0 Å². The summed E-state index contributed by atoms with van der Waals surface area (Å²) in [4.78, 5) is 57.4. The highest BCUT2D eigenvalue weighted by Gasteiger charge is 2.39. The Morgan fingerprint density at radius 2 is 1.27 bits per heavy atom. The molecule has 3 amide bonds. The van der Waals surface area contributed by atoms with Crippen molar-refractivity contribution in [1.82, 2.24) is 15.5 Å². The molecular formula is C40H53N3O8. The fourth-order valence-electron chi connectivity index (χ4n) is 5.45. The number of nitrogens with one attached hydrogen (secondary N) is 2. The van der Waals surface area contributed by atoms with E-state index >= 15 is 0 Å². The fraction of sp³-hybridized carbons (Fsp3) is 0.450. The van der Waals surface area contributed by atoms with Crippen molar-refractivity contribution in [2.75, 3.05) is 6.54 Å². The van der Waals surface area contributed by atoms with Gasteiger partial charge in [0.25, 0.3) is 0 Å². The van der Waals surface area contributed by atoms with Gasteiger partial charge in [-0.15, -0.1) is 0 Å². The Morgan fingerprint density at radius 1 is 0.706 bits per heavy atom. The van der Waals surface area contributed by atoms with Gasteiger partial charge in [0.15, 0.2) is 0 Å². The number of para-hydroxylation sites is 1. The van der Waals surface area contributed by atoms with Crippen molar-refractivity contribution in [3.63, 3.8) is 0 Å². The van der Waals surface area contributed by atoms with Gasteiger partial charge in [0.05, 0.1) is 0 Å². The van der Waals surface area contributed by atoms with Crippen LogP contribution in [0.25, 0.3) is 0 Å². The van der Waals surface area contributed by atoms with Crippen molar-refractivity contribution in [3.05, 3.63) is 95.6 Å². The van der Waals surface area contributed by atoms with E-state index in [1.54, 1.807) is 71.9 Å². The van der Waals surface area contributed by atoms with Crippen LogP contribution < -0.4 is 10.6 Å². The molecule has 0 aromatic heterocycles. The van der Waals surface area contributed by atoms with Gasteiger partial charge in [-0.05, 0) is 77.3 Å². The van der Waals surface area contributed by atoms with Crippen LogP contribution in [0.5, 0.6) is 11.5 Å². The van der Waals surface area contributed by atoms with E-state index in [0.29, 0.717) is 12.0 Å². The molecule has 0 fully saturated rings. The number of unbranched alkanes of at least 4 members (excludes halogenated alkanes) is 2. The number of ether oxygens (including phenoxy) is 2. The number of hydrogen-bond donors (Lipinski definition) is 4. The average molecular weight is 704 g/mol. The van der Waals surface area contributed by atoms with Gasteiger partial charge in [0, 0.05) is 24.9 Å². The number of rotatable bonds is 15. The van der Waals surface area contributed by atoms with Crippen LogP contribution in [-0.2, 0) is 36.7 Å². The summed E-state index contributed by atoms with van der Waals surface area (Å²) in [6, 6.07) is 17.9. The summed E-state index contributed by atoms with van der Waals surface area (Å²) in [6.07, 6.45) is 1.35. The van der Waals surface area contributed by atoms with Crippen LogP contribution >= 0.6 is 0 Å². The number of esters is 1. The lowest BCUT2D eigenvalue weighted by atomic mass is 9.98. The number of carbonyl (C=O) groups is 4. The summed E-state index contributed by atoms with van der Waals surface area (Å²) >= 11 is 0. The first-order chi connectivity index (χ1) is 24.0. The molecular weight excluding hydrogens is 650 g/mol. The Hall–Kier alpha value is -5.06. The second kappa shape index (κ2) is 18.3. The molecule has 11 heteroatoms. The number of phenolic OH excluding ortho intramolecular Hbond substituents is 2. The first kappa shape index (κ1) is 40.4. The predicted octanol–water partition coefficient (Wildman–Crippen LogP) is 6.36. The van der Waals surface area contributed by atoms with E-state index in [1.807, 2.05) is 37.3 Å². The molecule has 0 saturated carbocycles. The van der Waals surface area contributed by atoms with Crippen molar-refractivity contribution in [2.45, 2.75) is 110 Å². The van der Waals surface area contributed by atoms with E-state index in [9.17, 15) is 29.4 Å².